The molecule has 108 valence electrons. The standard InChI is InChI=1S/C12H17N5O3/c1-16(7-8-3-2-4-8)10-6-5-9(17(19)20)11(14-10)12(13)15-18/h5-6,8,18H,2-4,7H2,1H3,(H2,13,15). The Morgan fingerprint density at radius 3 is 2.85 bits per heavy atom. The zero-order chi connectivity index (χ0) is 14.7. The molecule has 1 aliphatic rings. The SMILES string of the molecule is CN(CC1CCC1)c1ccc([N+](=O)[O-])c(/C(N)=N/O)n1. The van der Waals surface area contributed by atoms with Crippen molar-refractivity contribution in [2.45, 2.75) is 19.3 Å². The van der Waals surface area contributed by atoms with E-state index in [-0.39, 0.29) is 17.2 Å². The molecule has 3 N–H and O–H groups in total. The monoisotopic (exact) mass is 279 g/mol. The number of oxime groups is 1. The van der Waals surface area contributed by atoms with Crippen molar-refractivity contribution in [1.82, 2.24) is 4.98 Å². The van der Waals surface area contributed by atoms with Gasteiger partial charge in [-0.1, -0.05) is 11.6 Å². The van der Waals surface area contributed by atoms with Crippen molar-refractivity contribution in [2.24, 2.45) is 16.8 Å². The molecule has 1 fully saturated rings. The maximum atomic E-state index is 10.9. The van der Waals surface area contributed by atoms with E-state index < -0.39 is 4.92 Å². The highest BCUT2D eigenvalue weighted by Gasteiger charge is 2.23. The summed E-state index contributed by atoms with van der Waals surface area (Å²) in [6.45, 7) is 0.848. The number of pyridine rings is 1. The molecule has 0 aliphatic heterocycles. The Labute approximate surface area is 116 Å². The van der Waals surface area contributed by atoms with Gasteiger partial charge in [-0.15, -0.1) is 0 Å². The molecule has 1 aromatic rings. The predicted molar refractivity (Wildman–Crippen MR) is 74.0 cm³/mol. The fraction of sp³-hybridized carbons (Fsp3) is 0.500. The van der Waals surface area contributed by atoms with Gasteiger partial charge < -0.3 is 15.8 Å². The van der Waals surface area contributed by atoms with Gasteiger partial charge in [0, 0.05) is 19.7 Å². The van der Waals surface area contributed by atoms with E-state index >= 15 is 0 Å². The van der Waals surface area contributed by atoms with Gasteiger partial charge in [0.15, 0.2) is 11.5 Å². The number of anilines is 1. The first kappa shape index (κ1) is 14.0. The van der Waals surface area contributed by atoms with Crippen molar-refractivity contribution in [1.29, 1.82) is 0 Å². The molecule has 0 bridgehead atoms. The second kappa shape index (κ2) is 5.72. The lowest BCUT2D eigenvalue weighted by Gasteiger charge is -2.30. The van der Waals surface area contributed by atoms with Crippen LogP contribution < -0.4 is 10.6 Å². The van der Waals surface area contributed by atoms with Crippen LogP contribution in [-0.4, -0.2) is 34.5 Å². The van der Waals surface area contributed by atoms with Gasteiger partial charge in [-0.25, -0.2) is 4.98 Å². The van der Waals surface area contributed by atoms with E-state index in [4.69, 9.17) is 10.9 Å². The van der Waals surface area contributed by atoms with Crippen LogP contribution in [0.25, 0.3) is 0 Å². The van der Waals surface area contributed by atoms with E-state index in [9.17, 15) is 10.1 Å². The van der Waals surface area contributed by atoms with Gasteiger partial charge in [0.05, 0.1) is 4.92 Å². The third-order valence-electron chi connectivity index (χ3n) is 3.55. The van der Waals surface area contributed by atoms with E-state index in [1.807, 2.05) is 11.9 Å². The summed E-state index contributed by atoms with van der Waals surface area (Å²) in [7, 11) is 1.88. The molecule has 1 aromatic heterocycles. The quantitative estimate of drug-likeness (QED) is 0.276. The maximum absolute atomic E-state index is 10.9. The molecular weight excluding hydrogens is 262 g/mol. The summed E-state index contributed by atoms with van der Waals surface area (Å²) in [5, 5.41) is 22.4. The Hall–Kier alpha value is -2.38. The zero-order valence-electron chi connectivity index (χ0n) is 11.2. The summed E-state index contributed by atoms with van der Waals surface area (Å²) >= 11 is 0. The van der Waals surface area contributed by atoms with E-state index in [1.165, 1.54) is 25.3 Å². The summed E-state index contributed by atoms with van der Waals surface area (Å²) in [5.74, 6) is 0.851. The van der Waals surface area contributed by atoms with Crippen LogP contribution in [-0.2, 0) is 0 Å². The average molecular weight is 279 g/mol. The smallest absolute Gasteiger partial charge is 0.298 e. The molecule has 0 aromatic carbocycles. The second-order valence-corrected chi connectivity index (χ2v) is 4.96. The molecule has 0 unspecified atom stereocenters. The molecular formula is C12H17N5O3. The van der Waals surface area contributed by atoms with Crippen LogP contribution in [0.4, 0.5) is 11.5 Å². The van der Waals surface area contributed by atoms with Crippen molar-refractivity contribution in [3.8, 4) is 0 Å². The number of nitrogens with two attached hydrogens (primary N) is 1. The number of nitro groups is 1. The highest BCUT2D eigenvalue weighted by atomic mass is 16.6. The van der Waals surface area contributed by atoms with Gasteiger partial charge in [-0.2, -0.15) is 0 Å². The Bertz CT molecular complexity index is 542. The molecule has 1 saturated carbocycles. The number of rotatable bonds is 5. The van der Waals surface area contributed by atoms with E-state index in [0.29, 0.717) is 11.7 Å². The van der Waals surface area contributed by atoms with Crippen molar-refractivity contribution >= 4 is 17.3 Å². The summed E-state index contributed by atoms with van der Waals surface area (Å²) in [5.41, 5.74) is 5.06. The first-order chi connectivity index (χ1) is 9.52. The largest absolute Gasteiger partial charge is 0.409 e. The van der Waals surface area contributed by atoms with Crippen LogP contribution in [0.5, 0.6) is 0 Å². The normalized spacial score (nSPS) is 15.8. The van der Waals surface area contributed by atoms with Gasteiger partial charge in [0.25, 0.3) is 5.69 Å². The number of hydrogen-bond donors (Lipinski definition) is 2. The van der Waals surface area contributed by atoms with Crippen molar-refractivity contribution in [3.05, 3.63) is 27.9 Å². The fourth-order valence-electron chi connectivity index (χ4n) is 2.19. The number of aromatic nitrogens is 1. The first-order valence-electron chi connectivity index (χ1n) is 6.37. The minimum Gasteiger partial charge on any atom is -0.409 e. The van der Waals surface area contributed by atoms with Crippen LogP contribution in [0.3, 0.4) is 0 Å². The number of hydrogen-bond acceptors (Lipinski definition) is 6. The van der Waals surface area contributed by atoms with Crippen molar-refractivity contribution in [3.63, 3.8) is 0 Å². The lowest BCUT2D eigenvalue weighted by molar-refractivity contribution is -0.385. The molecule has 1 aliphatic carbocycles. The van der Waals surface area contributed by atoms with Crippen molar-refractivity contribution in [2.75, 3.05) is 18.5 Å². The summed E-state index contributed by atoms with van der Waals surface area (Å²) in [4.78, 5) is 16.4. The molecule has 2 rings (SSSR count). The van der Waals surface area contributed by atoms with E-state index in [2.05, 4.69) is 10.1 Å². The van der Waals surface area contributed by atoms with Crippen LogP contribution in [0, 0.1) is 16.0 Å². The minimum absolute atomic E-state index is 0.115. The van der Waals surface area contributed by atoms with Gasteiger partial charge >= 0.3 is 0 Å². The molecule has 0 spiro atoms. The molecule has 8 nitrogen and oxygen atoms in total. The van der Waals surface area contributed by atoms with Gasteiger partial charge in [0.2, 0.25) is 0 Å². The second-order valence-electron chi connectivity index (χ2n) is 4.96. The van der Waals surface area contributed by atoms with Gasteiger partial charge in [0.1, 0.15) is 5.82 Å². The molecule has 8 heteroatoms. The molecule has 20 heavy (non-hydrogen) atoms. The summed E-state index contributed by atoms with van der Waals surface area (Å²) in [6, 6.07) is 2.90. The lowest BCUT2D eigenvalue weighted by Crippen LogP contribution is -2.30. The summed E-state index contributed by atoms with van der Waals surface area (Å²) < 4.78 is 0. The predicted octanol–water partition coefficient (Wildman–Crippen LogP) is 1.32. The molecule has 0 saturated heterocycles. The highest BCUT2D eigenvalue weighted by Crippen LogP contribution is 2.28. The maximum Gasteiger partial charge on any atom is 0.298 e. The number of amidine groups is 1. The van der Waals surface area contributed by atoms with E-state index in [1.54, 1.807) is 6.07 Å². The third kappa shape index (κ3) is 2.79. The molecule has 0 atom stereocenters. The molecule has 0 radical (unpaired) electrons. The fourth-order valence-corrected chi connectivity index (χ4v) is 2.19. The first-order valence-corrected chi connectivity index (χ1v) is 6.37. The minimum atomic E-state index is -0.601. The summed E-state index contributed by atoms with van der Waals surface area (Å²) in [6.07, 6.45) is 3.65. The van der Waals surface area contributed by atoms with Gasteiger partial charge in [-0.05, 0) is 24.8 Å². The zero-order valence-corrected chi connectivity index (χ0v) is 11.2. The number of nitrogens with zero attached hydrogens (tertiary/aromatic N) is 4. The van der Waals surface area contributed by atoms with Crippen LogP contribution in [0.15, 0.2) is 17.3 Å². The van der Waals surface area contributed by atoms with Crippen LogP contribution >= 0.6 is 0 Å². The average Bonchev–Trinajstić information content (AvgIpc) is 2.40. The Balaban J connectivity index is 2.28. The Morgan fingerprint density at radius 1 is 1.65 bits per heavy atom. The molecule has 0 amide bonds. The van der Waals surface area contributed by atoms with Crippen LogP contribution in [0.1, 0.15) is 25.0 Å². The highest BCUT2D eigenvalue weighted by molar-refractivity contribution is 5.99. The lowest BCUT2D eigenvalue weighted by atomic mass is 9.85. The van der Waals surface area contributed by atoms with Gasteiger partial charge in [-0.3, -0.25) is 10.1 Å². The Morgan fingerprint density at radius 2 is 2.35 bits per heavy atom. The molecule has 1 heterocycles. The van der Waals surface area contributed by atoms with Crippen LogP contribution in [0.2, 0.25) is 0 Å². The Kier molecular flexibility index (Phi) is 4.02. The van der Waals surface area contributed by atoms with E-state index in [0.717, 1.165) is 6.54 Å². The third-order valence-corrected chi connectivity index (χ3v) is 3.55. The van der Waals surface area contributed by atoms with Crippen molar-refractivity contribution < 1.29 is 10.1 Å². The topological polar surface area (TPSA) is 118 Å².